The van der Waals surface area contributed by atoms with E-state index >= 15 is 0 Å². The van der Waals surface area contributed by atoms with E-state index < -0.39 is 0 Å². The van der Waals surface area contributed by atoms with E-state index in [0.717, 1.165) is 41.9 Å². The number of benzene rings is 1. The Balaban J connectivity index is 1.73. The van der Waals surface area contributed by atoms with E-state index in [1.807, 2.05) is 24.4 Å². The number of rotatable bonds is 5. The maximum absolute atomic E-state index is 12.8. The molecule has 128 valence electrons. The summed E-state index contributed by atoms with van der Waals surface area (Å²) in [5.41, 5.74) is 1.87. The summed E-state index contributed by atoms with van der Waals surface area (Å²) in [5, 5.41) is 12.1. The van der Waals surface area contributed by atoms with Crippen molar-refractivity contribution in [1.29, 1.82) is 0 Å². The number of carbonyl (C=O) groups excluding carboxylic acids is 1. The van der Waals surface area contributed by atoms with Crippen LogP contribution in [0.2, 0.25) is 0 Å². The van der Waals surface area contributed by atoms with E-state index in [1.165, 1.54) is 11.3 Å². The highest BCUT2D eigenvalue weighted by Gasteiger charge is 2.28. The molecule has 0 aliphatic carbocycles. The summed E-state index contributed by atoms with van der Waals surface area (Å²) in [4.78, 5) is 15.9. The van der Waals surface area contributed by atoms with Crippen LogP contribution in [0.4, 0.5) is 0 Å². The van der Waals surface area contributed by atoms with Crippen molar-refractivity contribution >= 4 is 17.1 Å². The van der Waals surface area contributed by atoms with Crippen molar-refractivity contribution in [3.8, 4) is 11.5 Å². The van der Waals surface area contributed by atoms with E-state index in [9.17, 15) is 9.90 Å². The molecular weight excluding hydrogens is 322 g/mol. The lowest BCUT2D eigenvalue weighted by molar-refractivity contribution is 0.0813. The Morgan fingerprint density at radius 2 is 2.25 bits per heavy atom. The number of phenols is 1. The summed E-state index contributed by atoms with van der Waals surface area (Å²) in [5.74, 6) is 1.24. The van der Waals surface area contributed by atoms with Crippen LogP contribution < -0.4 is 4.74 Å². The van der Waals surface area contributed by atoms with Crippen molar-refractivity contribution in [3.63, 3.8) is 0 Å². The van der Waals surface area contributed by atoms with Gasteiger partial charge in [-0.3, -0.25) is 9.69 Å². The fourth-order valence-corrected chi connectivity index (χ4v) is 4.30. The van der Waals surface area contributed by atoms with E-state index in [4.69, 9.17) is 4.74 Å². The lowest BCUT2D eigenvalue weighted by atomic mass is 9.91. The Bertz CT molecular complexity index is 725. The number of Topliss-reactive ketones (excluding diaryl/α,β-unsaturated/α-hetero) is 1. The fraction of sp³-hybridized carbons (Fsp3) is 0.421. The average Bonchev–Trinajstić information content (AvgIpc) is 3.02. The van der Waals surface area contributed by atoms with Gasteiger partial charge in [0.05, 0.1) is 12.0 Å². The smallest absolute Gasteiger partial charge is 0.177 e. The highest BCUT2D eigenvalue weighted by molar-refractivity contribution is 7.12. The Kier molecular flexibility index (Phi) is 5.21. The van der Waals surface area contributed by atoms with Crippen molar-refractivity contribution < 1.29 is 14.6 Å². The molecule has 1 fully saturated rings. The van der Waals surface area contributed by atoms with Gasteiger partial charge < -0.3 is 9.84 Å². The van der Waals surface area contributed by atoms with Crippen LogP contribution in [-0.2, 0) is 6.54 Å². The maximum Gasteiger partial charge on any atom is 0.177 e. The third-order valence-electron chi connectivity index (χ3n) is 4.67. The van der Waals surface area contributed by atoms with Crippen molar-refractivity contribution in [3.05, 3.63) is 45.6 Å². The molecule has 1 N–H and O–H groups in total. The second-order valence-electron chi connectivity index (χ2n) is 6.33. The number of likely N-dealkylation sites (tertiary alicyclic amines) is 1. The van der Waals surface area contributed by atoms with Crippen molar-refractivity contribution in [2.75, 3.05) is 20.2 Å². The van der Waals surface area contributed by atoms with Gasteiger partial charge in [-0.2, -0.15) is 0 Å². The molecule has 3 rings (SSSR count). The number of ether oxygens (including phenoxy) is 1. The van der Waals surface area contributed by atoms with Gasteiger partial charge in [0.25, 0.3) is 0 Å². The van der Waals surface area contributed by atoms with Gasteiger partial charge in [0.2, 0.25) is 0 Å². The summed E-state index contributed by atoms with van der Waals surface area (Å²) < 4.78 is 5.36. The minimum Gasteiger partial charge on any atom is -0.507 e. The topological polar surface area (TPSA) is 49.8 Å². The Hall–Kier alpha value is -1.85. The van der Waals surface area contributed by atoms with Crippen LogP contribution in [0.5, 0.6) is 11.5 Å². The zero-order chi connectivity index (χ0) is 17.1. The molecule has 1 aliphatic heterocycles. The van der Waals surface area contributed by atoms with E-state index in [0.29, 0.717) is 12.3 Å². The number of aryl methyl sites for hydroxylation is 1. The zero-order valence-corrected chi connectivity index (χ0v) is 14.9. The first kappa shape index (κ1) is 17.0. The summed E-state index contributed by atoms with van der Waals surface area (Å²) >= 11 is 1.54. The van der Waals surface area contributed by atoms with Crippen LogP contribution in [0, 0.1) is 12.8 Å². The molecule has 0 spiro atoms. The van der Waals surface area contributed by atoms with Crippen LogP contribution >= 0.6 is 11.3 Å². The molecular formula is C19H23NO3S. The molecule has 4 nitrogen and oxygen atoms in total. The largest absolute Gasteiger partial charge is 0.507 e. The number of thiophene rings is 1. The van der Waals surface area contributed by atoms with Crippen LogP contribution in [0.1, 0.15) is 33.6 Å². The lowest BCUT2D eigenvalue weighted by Crippen LogP contribution is -2.38. The van der Waals surface area contributed by atoms with Gasteiger partial charge in [-0.1, -0.05) is 6.07 Å². The molecule has 24 heavy (non-hydrogen) atoms. The molecule has 0 radical (unpaired) electrons. The normalized spacial score (nSPS) is 18.5. The van der Waals surface area contributed by atoms with Crippen molar-refractivity contribution in [2.45, 2.75) is 26.3 Å². The van der Waals surface area contributed by atoms with E-state index in [2.05, 4.69) is 4.90 Å². The third-order valence-corrected chi connectivity index (χ3v) is 5.70. The van der Waals surface area contributed by atoms with Gasteiger partial charge in [-0.25, -0.2) is 0 Å². The molecule has 1 aliphatic rings. The van der Waals surface area contributed by atoms with Crippen LogP contribution in [-0.4, -0.2) is 36.0 Å². The Morgan fingerprint density at radius 1 is 1.42 bits per heavy atom. The molecule has 1 saturated heterocycles. The summed E-state index contributed by atoms with van der Waals surface area (Å²) in [7, 11) is 1.61. The fourth-order valence-electron chi connectivity index (χ4n) is 3.35. The monoisotopic (exact) mass is 345 g/mol. The molecule has 0 bridgehead atoms. The second kappa shape index (κ2) is 7.36. The first-order valence-corrected chi connectivity index (χ1v) is 9.13. The Morgan fingerprint density at radius 3 is 2.96 bits per heavy atom. The number of piperidine rings is 1. The molecule has 1 aromatic carbocycles. The first-order chi connectivity index (χ1) is 11.6. The maximum atomic E-state index is 12.8. The second-order valence-corrected chi connectivity index (χ2v) is 7.25. The summed E-state index contributed by atoms with van der Waals surface area (Å²) in [6, 6.07) is 7.32. The standard InChI is InChI=1S/C19H23NO3S/c1-13-8-10-24-19(13)18(22)14-5-4-9-20(11-14)12-15-16(21)6-3-7-17(15)23-2/h3,6-8,10,14,21H,4-5,9,11-12H2,1-2H3/t14-/m0/s1. The number of ketones is 1. The minimum absolute atomic E-state index is 0.0351. The molecule has 0 unspecified atom stereocenters. The third kappa shape index (κ3) is 3.47. The minimum atomic E-state index is 0.0351. The number of methoxy groups -OCH3 is 1. The number of carbonyl (C=O) groups is 1. The Labute approximate surface area is 146 Å². The molecule has 1 aromatic heterocycles. The van der Waals surface area contributed by atoms with Crippen molar-refractivity contribution in [2.24, 2.45) is 5.92 Å². The molecule has 0 saturated carbocycles. The number of nitrogens with zero attached hydrogens (tertiary/aromatic N) is 1. The van der Waals surface area contributed by atoms with Crippen LogP contribution in [0.15, 0.2) is 29.6 Å². The van der Waals surface area contributed by atoms with Gasteiger partial charge in [0, 0.05) is 24.6 Å². The number of aromatic hydroxyl groups is 1. The van der Waals surface area contributed by atoms with E-state index in [-0.39, 0.29) is 17.5 Å². The number of phenolic OH excluding ortho intramolecular Hbond substituents is 1. The van der Waals surface area contributed by atoms with Crippen LogP contribution in [0.3, 0.4) is 0 Å². The van der Waals surface area contributed by atoms with Gasteiger partial charge in [0.1, 0.15) is 11.5 Å². The highest BCUT2D eigenvalue weighted by atomic mass is 32.1. The van der Waals surface area contributed by atoms with Crippen molar-refractivity contribution in [1.82, 2.24) is 4.90 Å². The van der Waals surface area contributed by atoms with Gasteiger partial charge in [0.15, 0.2) is 5.78 Å². The molecule has 0 amide bonds. The molecule has 1 atom stereocenters. The van der Waals surface area contributed by atoms with E-state index in [1.54, 1.807) is 19.2 Å². The highest BCUT2D eigenvalue weighted by Crippen LogP contribution is 2.31. The molecule has 2 aromatic rings. The quantitative estimate of drug-likeness (QED) is 0.836. The zero-order valence-electron chi connectivity index (χ0n) is 14.1. The number of hydrogen-bond donors (Lipinski definition) is 1. The summed E-state index contributed by atoms with van der Waals surface area (Å²) in [6.07, 6.45) is 1.93. The predicted octanol–water partition coefficient (Wildman–Crippen LogP) is 3.87. The van der Waals surface area contributed by atoms with Gasteiger partial charge >= 0.3 is 0 Å². The predicted molar refractivity (Wildman–Crippen MR) is 96.0 cm³/mol. The average molecular weight is 345 g/mol. The van der Waals surface area contributed by atoms with Crippen LogP contribution in [0.25, 0.3) is 0 Å². The van der Waals surface area contributed by atoms with Gasteiger partial charge in [-0.05, 0) is 55.5 Å². The summed E-state index contributed by atoms with van der Waals surface area (Å²) in [6.45, 7) is 4.26. The van der Waals surface area contributed by atoms with Gasteiger partial charge in [-0.15, -0.1) is 11.3 Å². The first-order valence-electron chi connectivity index (χ1n) is 8.25. The SMILES string of the molecule is COc1cccc(O)c1CN1CCC[C@H](C(=O)c2sccc2C)C1. The number of hydrogen-bond acceptors (Lipinski definition) is 5. The molecule has 5 heteroatoms. The molecule has 2 heterocycles. The lowest BCUT2D eigenvalue weighted by Gasteiger charge is -2.32.